The lowest BCUT2D eigenvalue weighted by Gasteiger charge is -2.18. The van der Waals surface area contributed by atoms with Crippen molar-refractivity contribution in [1.29, 1.82) is 0 Å². The summed E-state index contributed by atoms with van der Waals surface area (Å²) in [6.07, 6.45) is 2.83. The van der Waals surface area contributed by atoms with E-state index < -0.39 is 6.61 Å². The zero-order chi connectivity index (χ0) is 21.2. The minimum Gasteiger partial charge on any atom is -0.435 e. The molecule has 2 amide bonds. The Balaban J connectivity index is 1.86. The number of nitrogens with zero attached hydrogens (tertiary/aromatic N) is 1. The predicted octanol–water partition coefficient (Wildman–Crippen LogP) is 3.61. The summed E-state index contributed by atoms with van der Waals surface area (Å²) in [6.45, 7) is -0.718. The smallest absolute Gasteiger partial charge is 0.387 e. The predicted molar refractivity (Wildman–Crippen MR) is 103 cm³/mol. The molecule has 2 aromatic carbocycles. The summed E-state index contributed by atoms with van der Waals surface area (Å²) in [5, 5.41) is 2.68. The first kappa shape index (κ1) is 22.0. The largest absolute Gasteiger partial charge is 0.435 e. The number of nitrogens with one attached hydrogen (secondary N) is 1. The molecule has 0 spiro atoms. The average molecular weight is 406 g/mol. The van der Waals surface area contributed by atoms with Gasteiger partial charge in [0, 0.05) is 19.2 Å². The van der Waals surface area contributed by atoms with Gasteiger partial charge in [-0.25, -0.2) is 4.39 Å². The summed E-state index contributed by atoms with van der Waals surface area (Å²) >= 11 is 0. The van der Waals surface area contributed by atoms with Crippen molar-refractivity contribution in [1.82, 2.24) is 10.2 Å². The fraction of sp³-hybridized carbons (Fsp3) is 0.238. The summed E-state index contributed by atoms with van der Waals surface area (Å²) in [5.41, 5.74) is 1.37. The van der Waals surface area contributed by atoms with Crippen LogP contribution in [0, 0.1) is 5.82 Å². The van der Waals surface area contributed by atoms with E-state index >= 15 is 0 Å². The second kappa shape index (κ2) is 10.9. The maximum atomic E-state index is 12.9. The Morgan fingerprint density at radius 2 is 1.76 bits per heavy atom. The van der Waals surface area contributed by atoms with E-state index in [0.717, 1.165) is 5.56 Å². The zero-order valence-electron chi connectivity index (χ0n) is 15.8. The maximum absolute atomic E-state index is 12.9. The van der Waals surface area contributed by atoms with Crippen LogP contribution in [0.3, 0.4) is 0 Å². The third-order valence-corrected chi connectivity index (χ3v) is 3.95. The molecule has 5 nitrogen and oxygen atoms in total. The summed E-state index contributed by atoms with van der Waals surface area (Å²) in [5.74, 6) is -1.04. The molecule has 0 radical (unpaired) electrons. The number of hydrogen-bond acceptors (Lipinski definition) is 3. The number of halogens is 3. The normalized spacial score (nSPS) is 10.9. The Labute approximate surface area is 166 Å². The van der Waals surface area contributed by atoms with Crippen LogP contribution in [0.15, 0.2) is 54.6 Å². The van der Waals surface area contributed by atoms with Crippen LogP contribution < -0.4 is 10.1 Å². The number of ether oxygens (including phenoxy) is 1. The van der Waals surface area contributed by atoms with Crippen molar-refractivity contribution in [3.63, 3.8) is 0 Å². The van der Waals surface area contributed by atoms with Crippen molar-refractivity contribution < 1.29 is 27.5 Å². The van der Waals surface area contributed by atoms with Crippen molar-refractivity contribution in [2.75, 3.05) is 13.1 Å². The number of likely N-dealkylation sites (N-methyl/N-ethyl adjacent to an activating group) is 1. The van der Waals surface area contributed by atoms with Gasteiger partial charge in [-0.3, -0.25) is 9.59 Å². The van der Waals surface area contributed by atoms with Crippen molar-refractivity contribution in [2.45, 2.75) is 20.1 Å². The van der Waals surface area contributed by atoms with Gasteiger partial charge in [-0.2, -0.15) is 8.78 Å². The third-order valence-electron chi connectivity index (χ3n) is 3.95. The molecule has 2 aromatic rings. The number of rotatable bonds is 9. The van der Waals surface area contributed by atoms with E-state index in [2.05, 4.69) is 10.1 Å². The molecule has 0 aliphatic carbocycles. The van der Waals surface area contributed by atoms with E-state index in [9.17, 15) is 22.8 Å². The third kappa shape index (κ3) is 7.69. The topological polar surface area (TPSA) is 58.6 Å². The summed E-state index contributed by atoms with van der Waals surface area (Å²) in [4.78, 5) is 25.7. The fourth-order valence-electron chi connectivity index (χ4n) is 2.41. The van der Waals surface area contributed by atoms with Gasteiger partial charge in [0.15, 0.2) is 0 Å². The van der Waals surface area contributed by atoms with Gasteiger partial charge in [0.1, 0.15) is 11.6 Å². The summed E-state index contributed by atoms with van der Waals surface area (Å²) in [6, 6.07) is 11.6. The SMILES string of the molecule is CCN(CC(=O)NCc1ccc(F)cc1)C(=O)/C=C/c1ccc(OC(F)F)cc1. The van der Waals surface area contributed by atoms with Crippen molar-refractivity contribution in [3.05, 3.63) is 71.6 Å². The van der Waals surface area contributed by atoms with Gasteiger partial charge < -0.3 is 15.0 Å². The molecule has 0 atom stereocenters. The molecule has 0 saturated heterocycles. The molecule has 0 aliphatic rings. The molecule has 0 fully saturated rings. The van der Waals surface area contributed by atoms with Crippen LogP contribution in [0.4, 0.5) is 13.2 Å². The number of alkyl halides is 2. The van der Waals surface area contributed by atoms with E-state index in [1.807, 2.05) is 0 Å². The van der Waals surface area contributed by atoms with Crippen LogP contribution in [0.5, 0.6) is 5.75 Å². The van der Waals surface area contributed by atoms with E-state index in [0.29, 0.717) is 12.1 Å². The lowest BCUT2D eigenvalue weighted by molar-refractivity contribution is -0.132. The van der Waals surface area contributed by atoms with Gasteiger partial charge >= 0.3 is 6.61 Å². The molecule has 0 aliphatic heterocycles. The molecule has 8 heteroatoms. The second-order valence-corrected chi connectivity index (χ2v) is 6.04. The number of amides is 2. The highest BCUT2D eigenvalue weighted by Gasteiger charge is 2.13. The number of carbonyl (C=O) groups is 2. The number of benzene rings is 2. The first-order valence-corrected chi connectivity index (χ1v) is 8.90. The molecule has 1 N–H and O–H groups in total. The lowest BCUT2D eigenvalue weighted by atomic mass is 10.2. The van der Waals surface area contributed by atoms with Crippen LogP contribution in [0.2, 0.25) is 0 Å². The van der Waals surface area contributed by atoms with E-state index in [1.54, 1.807) is 19.1 Å². The molecule has 29 heavy (non-hydrogen) atoms. The van der Waals surface area contributed by atoms with Crippen molar-refractivity contribution in [2.24, 2.45) is 0 Å². The monoisotopic (exact) mass is 406 g/mol. The maximum Gasteiger partial charge on any atom is 0.387 e. The number of carbonyl (C=O) groups excluding carboxylic acids is 2. The molecular formula is C21H21F3N2O3. The van der Waals surface area contributed by atoms with Gasteiger partial charge in [0.2, 0.25) is 11.8 Å². The highest BCUT2D eigenvalue weighted by Crippen LogP contribution is 2.15. The highest BCUT2D eigenvalue weighted by atomic mass is 19.3. The molecule has 0 heterocycles. The Morgan fingerprint density at radius 3 is 2.34 bits per heavy atom. The minimum absolute atomic E-state index is 0.0245. The molecule has 2 rings (SSSR count). The van der Waals surface area contributed by atoms with Crippen molar-refractivity contribution >= 4 is 17.9 Å². The molecule has 0 unspecified atom stereocenters. The van der Waals surface area contributed by atoms with Crippen molar-refractivity contribution in [3.8, 4) is 5.75 Å². The standard InChI is InChI=1S/C21H21F3N2O3/c1-2-26(14-19(27)25-13-16-3-8-17(22)9-4-16)20(28)12-7-15-5-10-18(11-6-15)29-21(23)24/h3-12,21H,2,13-14H2,1H3,(H,25,27)/b12-7+. The first-order valence-electron chi connectivity index (χ1n) is 8.90. The lowest BCUT2D eigenvalue weighted by Crippen LogP contribution is -2.39. The van der Waals surface area contributed by atoms with E-state index in [4.69, 9.17) is 0 Å². The molecule has 0 saturated carbocycles. The van der Waals surface area contributed by atoms with Crippen LogP contribution in [0.1, 0.15) is 18.1 Å². The Hall–Kier alpha value is -3.29. The van der Waals surface area contributed by atoms with Crippen LogP contribution in [0.25, 0.3) is 6.08 Å². The van der Waals surface area contributed by atoms with Crippen LogP contribution >= 0.6 is 0 Å². The molecule has 0 aromatic heterocycles. The van der Waals surface area contributed by atoms with Gasteiger partial charge in [0.25, 0.3) is 0 Å². The highest BCUT2D eigenvalue weighted by molar-refractivity contribution is 5.94. The minimum atomic E-state index is -2.90. The van der Waals surface area contributed by atoms with Gasteiger partial charge in [-0.05, 0) is 48.4 Å². The molecule has 0 bridgehead atoms. The quantitative estimate of drug-likeness (QED) is 0.648. The molecule has 154 valence electrons. The summed E-state index contributed by atoms with van der Waals surface area (Å²) < 4.78 is 41.4. The number of hydrogen-bond donors (Lipinski definition) is 1. The Morgan fingerprint density at radius 1 is 1.10 bits per heavy atom. The Kier molecular flexibility index (Phi) is 8.27. The Bertz CT molecular complexity index is 837. The second-order valence-electron chi connectivity index (χ2n) is 6.04. The molecular weight excluding hydrogens is 385 g/mol. The summed E-state index contributed by atoms with van der Waals surface area (Å²) in [7, 11) is 0. The average Bonchev–Trinajstić information content (AvgIpc) is 2.70. The van der Waals surface area contributed by atoms with E-state index in [1.165, 1.54) is 53.5 Å². The van der Waals surface area contributed by atoms with E-state index in [-0.39, 0.29) is 36.5 Å². The van der Waals surface area contributed by atoms with Gasteiger partial charge in [-0.15, -0.1) is 0 Å². The van der Waals surface area contributed by atoms with Crippen LogP contribution in [-0.2, 0) is 16.1 Å². The van der Waals surface area contributed by atoms with Gasteiger partial charge in [0.05, 0.1) is 6.54 Å². The zero-order valence-corrected chi connectivity index (χ0v) is 15.8. The van der Waals surface area contributed by atoms with Gasteiger partial charge in [-0.1, -0.05) is 24.3 Å². The first-order chi connectivity index (χ1) is 13.9. The fourth-order valence-corrected chi connectivity index (χ4v) is 2.41. The van der Waals surface area contributed by atoms with Crippen LogP contribution in [-0.4, -0.2) is 36.4 Å².